The van der Waals surface area contributed by atoms with Gasteiger partial charge in [-0.1, -0.05) is 237 Å². The van der Waals surface area contributed by atoms with E-state index in [4.69, 9.17) is 9.97 Å². The van der Waals surface area contributed by atoms with Gasteiger partial charge in [0.25, 0.3) is 0 Å². The molecular formula is C112H134F4N10S3. The number of aromatic nitrogens is 10. The van der Waals surface area contributed by atoms with Crippen molar-refractivity contribution in [2.45, 2.75) is 283 Å². The van der Waals surface area contributed by atoms with Crippen LogP contribution in [-0.2, 0) is 38.5 Å². The van der Waals surface area contributed by atoms with E-state index >= 15 is 0 Å². The number of thiophene rings is 3. The summed E-state index contributed by atoms with van der Waals surface area (Å²) in [6.07, 6.45) is 14.1. The Morgan fingerprint density at radius 3 is 1.02 bits per heavy atom. The molecule has 129 heavy (non-hydrogen) atoms. The van der Waals surface area contributed by atoms with Gasteiger partial charge >= 0.3 is 6.18 Å². The molecule has 0 spiro atoms. The Morgan fingerprint density at radius 2 is 0.643 bits per heavy atom. The predicted molar refractivity (Wildman–Crippen MR) is 540 cm³/mol. The van der Waals surface area contributed by atoms with Gasteiger partial charge in [0.05, 0.1) is 75.6 Å². The molecule has 0 N–H and O–H groups in total. The molecule has 678 valence electrons. The lowest BCUT2D eigenvalue weighted by atomic mass is 9.82. The van der Waals surface area contributed by atoms with Crippen LogP contribution in [0.1, 0.15) is 267 Å². The number of hydrogen-bond donors (Lipinski definition) is 0. The van der Waals surface area contributed by atoms with Gasteiger partial charge in [-0.3, -0.25) is 0 Å². The summed E-state index contributed by atoms with van der Waals surface area (Å²) < 4.78 is 58.4. The Balaban J connectivity index is 0.000000147. The third-order valence-corrected chi connectivity index (χ3v) is 26.8. The number of alkyl halides is 3. The van der Waals surface area contributed by atoms with E-state index in [-0.39, 0.29) is 39.3 Å². The van der Waals surface area contributed by atoms with Crippen molar-refractivity contribution in [1.82, 2.24) is 49.8 Å². The Morgan fingerprint density at radius 1 is 0.333 bits per heavy atom. The Hall–Kier alpha value is -9.94. The van der Waals surface area contributed by atoms with Gasteiger partial charge in [0.2, 0.25) is 0 Å². The highest BCUT2D eigenvalue weighted by molar-refractivity contribution is 7.20. The standard InChI is InChI=1S/C24H29F3N2S.C24H30N2S.C22H28N2S.C21H23FN2.C21H24N2/c1-14-8-15(2)10-16(9-14)19-21-20(29-13-28-19)17(11-23(6,7)24(25,26)27)18(30-21)12-22(3,4)5;1-15-10-16(2)12-18(11-15)21-23-22(26-14-25-21)20(17-8-6-7-9-17)19(27-23)13-24(3,4)5;1-13(2)18-17(11-22(5,6)7)25-21-19(23-12-24-20(18)21)16-9-14(3)8-15(4)10-16;1-13-8-16(9-14(2)19(13)22)20-17-7-6-15(11-21(3,4)5)10-18(17)23-12-24-20;1-14-8-15(2)10-17(9-14)20-18-7-6-16(12-21(3,4)5)11-19(18)22-13-23-20/h8-10,13H,11-12H2,1-7H3;10-12,14,17H,6-9,13H2,1-5H3;8-10,12-13H,11H2,1-7H3;6-10,12H,11H2,1-5H3;6-11,13H,12H2,1-5H3. The van der Waals surface area contributed by atoms with E-state index in [2.05, 4.69) is 308 Å². The first-order valence-electron chi connectivity index (χ1n) is 45.6. The summed E-state index contributed by atoms with van der Waals surface area (Å²) in [6.45, 7) is 61.3. The van der Waals surface area contributed by atoms with E-state index in [0.717, 1.165) is 113 Å². The van der Waals surface area contributed by atoms with E-state index in [1.807, 2.05) is 48.7 Å². The maximum atomic E-state index is 13.9. The number of rotatable bonds is 14. The average Bonchev–Trinajstić information content (AvgIpc) is 1.56. The summed E-state index contributed by atoms with van der Waals surface area (Å²) in [7, 11) is 0. The lowest BCUT2D eigenvalue weighted by Crippen LogP contribution is -2.34. The first-order chi connectivity index (χ1) is 60.2. The molecule has 0 saturated heterocycles. The second kappa shape index (κ2) is 39.2. The molecule has 1 aliphatic carbocycles. The van der Waals surface area contributed by atoms with Crippen LogP contribution in [0.2, 0.25) is 0 Å². The van der Waals surface area contributed by atoms with E-state index in [0.29, 0.717) is 40.5 Å². The lowest BCUT2D eigenvalue weighted by molar-refractivity contribution is -0.210. The largest absolute Gasteiger partial charge is 0.394 e. The predicted octanol–water partition coefficient (Wildman–Crippen LogP) is 32.7. The van der Waals surface area contributed by atoms with Crippen molar-refractivity contribution in [3.05, 3.63) is 257 Å². The van der Waals surface area contributed by atoms with Crippen LogP contribution < -0.4 is 0 Å². The minimum atomic E-state index is -4.29. The van der Waals surface area contributed by atoms with Crippen LogP contribution in [0.15, 0.2) is 153 Å². The fraction of sp³-hybridized carbons (Fsp3) is 0.429. The lowest BCUT2D eigenvalue weighted by Gasteiger charge is -2.28. The van der Waals surface area contributed by atoms with Gasteiger partial charge in [0.1, 0.15) is 37.5 Å². The quantitative estimate of drug-likeness (QED) is 0.0971. The number of nitrogens with zero attached hydrogens (tertiary/aromatic N) is 10. The molecule has 10 nitrogen and oxygen atoms in total. The van der Waals surface area contributed by atoms with E-state index in [1.54, 1.807) is 50.5 Å². The molecule has 8 aromatic heterocycles. The van der Waals surface area contributed by atoms with Crippen molar-refractivity contribution >= 4 is 86.5 Å². The van der Waals surface area contributed by atoms with Crippen molar-refractivity contribution in [1.29, 1.82) is 0 Å². The van der Waals surface area contributed by atoms with Gasteiger partial charge in [-0.2, -0.15) is 13.2 Å². The minimum Gasteiger partial charge on any atom is -0.236 e. The van der Waals surface area contributed by atoms with E-state index < -0.39 is 11.6 Å². The topological polar surface area (TPSA) is 129 Å². The Kier molecular flexibility index (Phi) is 29.8. The molecule has 1 aliphatic rings. The van der Waals surface area contributed by atoms with Gasteiger partial charge in [-0.05, 0) is 271 Å². The second-order valence-corrected chi connectivity index (χ2v) is 46.9. The molecule has 16 rings (SSSR count). The smallest absolute Gasteiger partial charge is 0.236 e. The molecule has 1 fully saturated rings. The van der Waals surface area contributed by atoms with Crippen LogP contribution in [0, 0.1) is 108 Å². The molecule has 0 aliphatic heterocycles. The van der Waals surface area contributed by atoms with Crippen molar-refractivity contribution in [3.63, 3.8) is 0 Å². The molecular weight excluding hydrogens is 1660 g/mol. The zero-order valence-corrected chi connectivity index (χ0v) is 84.3. The number of aryl methyl sites for hydroxylation is 10. The van der Waals surface area contributed by atoms with Crippen molar-refractivity contribution in [2.24, 2.45) is 32.5 Å². The summed E-state index contributed by atoms with van der Waals surface area (Å²) in [5.74, 6) is 0.996. The van der Waals surface area contributed by atoms with Crippen molar-refractivity contribution in [3.8, 4) is 56.3 Å². The molecule has 17 heteroatoms. The Bertz CT molecular complexity index is 6450. The third-order valence-electron chi connectivity index (χ3n) is 23.2. The molecule has 0 radical (unpaired) electrons. The van der Waals surface area contributed by atoms with Gasteiger partial charge in [0, 0.05) is 53.2 Å². The van der Waals surface area contributed by atoms with Crippen LogP contribution >= 0.6 is 34.0 Å². The first kappa shape index (κ1) is 98.1. The Labute approximate surface area is 777 Å². The highest BCUT2D eigenvalue weighted by Gasteiger charge is 2.48. The summed E-state index contributed by atoms with van der Waals surface area (Å²) in [6, 6.07) is 42.9. The van der Waals surface area contributed by atoms with Gasteiger partial charge in [-0.15, -0.1) is 34.0 Å². The minimum absolute atomic E-state index is 0.0501. The third kappa shape index (κ3) is 25.0. The summed E-state index contributed by atoms with van der Waals surface area (Å²) in [4.78, 5) is 49.8. The zero-order valence-electron chi connectivity index (χ0n) is 81.9. The van der Waals surface area contributed by atoms with Crippen LogP contribution in [0.4, 0.5) is 17.6 Å². The molecule has 0 amide bonds. The summed E-state index contributed by atoms with van der Waals surface area (Å²) in [5, 5.41) is 2.12. The molecule has 15 aromatic rings. The van der Waals surface area contributed by atoms with Crippen molar-refractivity contribution < 1.29 is 17.6 Å². The molecule has 0 bridgehead atoms. The van der Waals surface area contributed by atoms with Crippen LogP contribution in [0.3, 0.4) is 0 Å². The second-order valence-electron chi connectivity index (χ2n) is 43.5. The number of fused-ring (bicyclic) bond motifs is 5. The van der Waals surface area contributed by atoms with Crippen LogP contribution in [0.5, 0.6) is 0 Å². The summed E-state index contributed by atoms with van der Waals surface area (Å²) >= 11 is 5.38. The fourth-order valence-electron chi connectivity index (χ4n) is 18.0. The highest BCUT2D eigenvalue weighted by Crippen LogP contribution is 2.50. The van der Waals surface area contributed by atoms with Gasteiger partial charge in [-0.25, -0.2) is 54.2 Å². The number of benzene rings is 7. The average molecular weight is 1790 g/mol. The van der Waals surface area contributed by atoms with Crippen LogP contribution in [0.25, 0.3) is 109 Å². The highest BCUT2D eigenvalue weighted by atomic mass is 32.1. The number of halogens is 4. The fourth-order valence-corrected chi connectivity index (χ4v) is 23.0. The number of hydrogen-bond acceptors (Lipinski definition) is 13. The maximum Gasteiger partial charge on any atom is 0.394 e. The SMILES string of the molecule is Cc1cc(-c2ncnc3cc(CC(C)(C)C)ccc23)cc(C)c1F.Cc1cc(C)cc(-c2ncnc3c(C(C)C)c(CC(C)(C)C)sc23)c1.Cc1cc(C)cc(-c2ncnc3c(C4CCCC4)c(CC(C)(C)C)sc23)c1.Cc1cc(C)cc(-c2ncnc3c(CC(C)(C)C(F)(F)F)c(CC(C)(C)C)sc23)c1.Cc1cc(C)cc(-c2ncnc3cc(CC(C)(C)C)ccc23)c1. The first-order valence-corrected chi connectivity index (χ1v) is 48.1. The molecule has 0 atom stereocenters. The van der Waals surface area contributed by atoms with E-state index in [9.17, 15) is 17.6 Å². The maximum absolute atomic E-state index is 13.9. The summed E-state index contributed by atoms with van der Waals surface area (Å²) in [5.41, 5.74) is 31.9. The normalized spacial score (nSPS) is 13.1. The molecule has 1 saturated carbocycles. The molecule has 0 unspecified atom stereocenters. The molecule has 7 aromatic carbocycles. The monoisotopic (exact) mass is 1790 g/mol. The van der Waals surface area contributed by atoms with Crippen molar-refractivity contribution in [2.75, 3.05) is 0 Å². The van der Waals surface area contributed by atoms with Gasteiger partial charge < -0.3 is 0 Å². The van der Waals surface area contributed by atoms with Crippen LogP contribution in [-0.4, -0.2) is 56.0 Å². The molecule has 8 heterocycles. The van der Waals surface area contributed by atoms with E-state index in [1.165, 1.54) is 143 Å². The van der Waals surface area contributed by atoms with Gasteiger partial charge in [0.15, 0.2) is 0 Å². The zero-order chi connectivity index (χ0) is 94.1.